The van der Waals surface area contributed by atoms with E-state index in [0.717, 1.165) is 12.8 Å². The van der Waals surface area contributed by atoms with Gasteiger partial charge in [-0.25, -0.2) is 0 Å². The van der Waals surface area contributed by atoms with Gasteiger partial charge < -0.3 is 5.11 Å². The van der Waals surface area contributed by atoms with Gasteiger partial charge >= 0.3 is 0 Å². The molecule has 0 rings (SSSR count). The minimum atomic E-state index is -0.122. The number of hydrogen-bond donors (Lipinski definition) is 1. The molecule has 1 nitrogen and oxygen atoms in total. The molecule has 0 radical (unpaired) electrons. The van der Waals surface area contributed by atoms with Crippen LogP contribution in [0, 0.1) is 0 Å². The van der Waals surface area contributed by atoms with Crippen molar-refractivity contribution in [2.75, 3.05) is 0 Å². The molecule has 0 amide bonds. The summed E-state index contributed by atoms with van der Waals surface area (Å²) in [4.78, 5) is 0. The van der Waals surface area contributed by atoms with Gasteiger partial charge in [0.15, 0.2) is 0 Å². The van der Waals surface area contributed by atoms with Gasteiger partial charge in [-0.05, 0) is 39.0 Å². The fourth-order valence-electron chi connectivity index (χ4n) is 1.63. The first-order valence-corrected chi connectivity index (χ1v) is 6.60. The SMILES string of the molecule is CCCCCC/C=C\CCCCC(C)O. The zero-order valence-corrected chi connectivity index (χ0v) is 10.5. The van der Waals surface area contributed by atoms with Crippen molar-refractivity contribution in [1.29, 1.82) is 0 Å². The Hall–Kier alpha value is -0.300. The highest BCUT2D eigenvalue weighted by Gasteiger charge is 1.93. The second-order valence-corrected chi connectivity index (χ2v) is 4.45. The van der Waals surface area contributed by atoms with Crippen LogP contribution >= 0.6 is 0 Å². The lowest BCUT2D eigenvalue weighted by Crippen LogP contribution is -1.97. The average molecular weight is 212 g/mol. The van der Waals surface area contributed by atoms with Crippen LogP contribution in [0.1, 0.15) is 71.6 Å². The standard InChI is InChI=1S/C14H28O/c1-3-4-5-6-7-8-9-10-11-12-13-14(2)15/h8-9,14-15H,3-7,10-13H2,1-2H3/b9-8-. The molecule has 0 saturated carbocycles. The Labute approximate surface area is 95.6 Å². The summed E-state index contributed by atoms with van der Waals surface area (Å²) < 4.78 is 0. The highest BCUT2D eigenvalue weighted by Crippen LogP contribution is 2.06. The van der Waals surface area contributed by atoms with E-state index < -0.39 is 0 Å². The Morgan fingerprint density at radius 2 is 1.53 bits per heavy atom. The number of allylic oxidation sites excluding steroid dienone is 2. The van der Waals surface area contributed by atoms with Gasteiger partial charge in [-0.15, -0.1) is 0 Å². The Balaban J connectivity index is 3.04. The quantitative estimate of drug-likeness (QED) is 0.419. The average Bonchev–Trinajstić information content (AvgIpc) is 2.20. The Morgan fingerprint density at radius 1 is 0.933 bits per heavy atom. The molecule has 0 fully saturated rings. The Kier molecular flexibility index (Phi) is 11.5. The van der Waals surface area contributed by atoms with Crippen LogP contribution in [-0.4, -0.2) is 11.2 Å². The van der Waals surface area contributed by atoms with Crippen LogP contribution in [-0.2, 0) is 0 Å². The first kappa shape index (κ1) is 14.7. The number of unbranched alkanes of at least 4 members (excludes halogenated alkanes) is 6. The van der Waals surface area contributed by atoms with E-state index in [1.165, 1.54) is 44.9 Å². The highest BCUT2D eigenvalue weighted by molar-refractivity contribution is 4.81. The van der Waals surface area contributed by atoms with E-state index in [1.54, 1.807) is 0 Å². The maximum Gasteiger partial charge on any atom is 0.0512 e. The van der Waals surface area contributed by atoms with Gasteiger partial charge in [-0.2, -0.15) is 0 Å². The predicted molar refractivity (Wildman–Crippen MR) is 68.0 cm³/mol. The van der Waals surface area contributed by atoms with Crippen LogP contribution in [0.4, 0.5) is 0 Å². The van der Waals surface area contributed by atoms with Crippen molar-refractivity contribution in [2.45, 2.75) is 77.7 Å². The monoisotopic (exact) mass is 212 g/mol. The van der Waals surface area contributed by atoms with Crippen LogP contribution in [0.2, 0.25) is 0 Å². The molecule has 0 spiro atoms. The smallest absolute Gasteiger partial charge is 0.0512 e. The predicted octanol–water partition coefficient (Wildman–Crippen LogP) is 4.45. The molecular weight excluding hydrogens is 184 g/mol. The molecule has 0 aromatic heterocycles. The van der Waals surface area contributed by atoms with Crippen LogP contribution in [0.25, 0.3) is 0 Å². The number of aliphatic hydroxyl groups is 1. The first-order chi connectivity index (χ1) is 7.27. The summed E-state index contributed by atoms with van der Waals surface area (Å²) in [7, 11) is 0. The summed E-state index contributed by atoms with van der Waals surface area (Å²) in [5.41, 5.74) is 0. The molecule has 0 aromatic rings. The Morgan fingerprint density at radius 3 is 2.07 bits per heavy atom. The van der Waals surface area contributed by atoms with Crippen molar-refractivity contribution >= 4 is 0 Å². The molecule has 0 saturated heterocycles. The second kappa shape index (κ2) is 11.8. The van der Waals surface area contributed by atoms with Gasteiger partial charge in [-0.3, -0.25) is 0 Å². The van der Waals surface area contributed by atoms with Gasteiger partial charge in [0.1, 0.15) is 0 Å². The first-order valence-electron chi connectivity index (χ1n) is 6.60. The van der Waals surface area contributed by atoms with Gasteiger partial charge in [0.05, 0.1) is 6.10 Å². The fourth-order valence-corrected chi connectivity index (χ4v) is 1.63. The summed E-state index contributed by atoms with van der Waals surface area (Å²) in [5.74, 6) is 0. The van der Waals surface area contributed by atoms with Gasteiger partial charge in [-0.1, -0.05) is 44.8 Å². The molecule has 90 valence electrons. The van der Waals surface area contributed by atoms with Crippen molar-refractivity contribution in [3.8, 4) is 0 Å². The minimum Gasteiger partial charge on any atom is -0.393 e. The number of aliphatic hydroxyl groups excluding tert-OH is 1. The molecule has 1 N–H and O–H groups in total. The summed E-state index contributed by atoms with van der Waals surface area (Å²) in [6.07, 6.45) is 15.7. The maximum atomic E-state index is 9.06. The van der Waals surface area contributed by atoms with Crippen LogP contribution in [0.5, 0.6) is 0 Å². The lowest BCUT2D eigenvalue weighted by Gasteiger charge is -2.01. The topological polar surface area (TPSA) is 20.2 Å². The maximum absolute atomic E-state index is 9.06. The van der Waals surface area contributed by atoms with Crippen molar-refractivity contribution in [2.24, 2.45) is 0 Å². The summed E-state index contributed by atoms with van der Waals surface area (Å²) >= 11 is 0. The summed E-state index contributed by atoms with van der Waals surface area (Å²) in [6, 6.07) is 0. The fraction of sp³-hybridized carbons (Fsp3) is 0.857. The van der Waals surface area contributed by atoms with E-state index in [-0.39, 0.29) is 6.10 Å². The lowest BCUT2D eigenvalue weighted by atomic mass is 10.1. The molecule has 0 aliphatic heterocycles. The van der Waals surface area contributed by atoms with Crippen LogP contribution in [0.3, 0.4) is 0 Å². The van der Waals surface area contributed by atoms with E-state index in [0.29, 0.717) is 0 Å². The molecule has 1 unspecified atom stereocenters. The largest absolute Gasteiger partial charge is 0.393 e. The molecule has 15 heavy (non-hydrogen) atoms. The molecule has 1 heteroatoms. The van der Waals surface area contributed by atoms with E-state index in [2.05, 4.69) is 19.1 Å². The van der Waals surface area contributed by atoms with Gasteiger partial charge in [0, 0.05) is 0 Å². The zero-order valence-electron chi connectivity index (χ0n) is 10.5. The molecule has 0 aliphatic rings. The van der Waals surface area contributed by atoms with E-state index in [1.807, 2.05) is 6.92 Å². The third-order valence-corrected chi connectivity index (χ3v) is 2.63. The molecule has 0 bridgehead atoms. The van der Waals surface area contributed by atoms with Crippen LogP contribution < -0.4 is 0 Å². The molecule has 0 aromatic carbocycles. The van der Waals surface area contributed by atoms with Crippen LogP contribution in [0.15, 0.2) is 12.2 Å². The second-order valence-electron chi connectivity index (χ2n) is 4.45. The van der Waals surface area contributed by atoms with Gasteiger partial charge in [0.25, 0.3) is 0 Å². The number of rotatable bonds is 10. The molecule has 0 heterocycles. The van der Waals surface area contributed by atoms with Crippen molar-refractivity contribution in [3.63, 3.8) is 0 Å². The van der Waals surface area contributed by atoms with E-state index in [4.69, 9.17) is 5.11 Å². The lowest BCUT2D eigenvalue weighted by molar-refractivity contribution is 0.181. The normalized spacial score (nSPS) is 13.5. The van der Waals surface area contributed by atoms with Crippen molar-refractivity contribution < 1.29 is 5.11 Å². The number of hydrogen-bond acceptors (Lipinski definition) is 1. The molecule has 0 aliphatic carbocycles. The summed E-state index contributed by atoms with van der Waals surface area (Å²) in [5, 5.41) is 9.06. The third-order valence-electron chi connectivity index (χ3n) is 2.63. The highest BCUT2D eigenvalue weighted by atomic mass is 16.3. The Bertz CT molecular complexity index is 138. The van der Waals surface area contributed by atoms with Crippen molar-refractivity contribution in [3.05, 3.63) is 12.2 Å². The van der Waals surface area contributed by atoms with E-state index >= 15 is 0 Å². The molecular formula is C14H28O. The van der Waals surface area contributed by atoms with Crippen molar-refractivity contribution in [1.82, 2.24) is 0 Å². The summed E-state index contributed by atoms with van der Waals surface area (Å²) in [6.45, 7) is 4.11. The molecule has 1 atom stereocenters. The zero-order chi connectivity index (χ0) is 11.4. The van der Waals surface area contributed by atoms with E-state index in [9.17, 15) is 0 Å². The third kappa shape index (κ3) is 13.7. The van der Waals surface area contributed by atoms with Gasteiger partial charge in [0.2, 0.25) is 0 Å². The minimum absolute atomic E-state index is 0.122.